The van der Waals surface area contributed by atoms with Crippen molar-refractivity contribution in [1.82, 2.24) is 0 Å². The van der Waals surface area contributed by atoms with Gasteiger partial charge in [-0.1, -0.05) is 12.1 Å². The summed E-state index contributed by atoms with van der Waals surface area (Å²) >= 11 is 0. The lowest BCUT2D eigenvalue weighted by Gasteiger charge is -2.27. The molecule has 0 atom stereocenters. The van der Waals surface area contributed by atoms with Crippen LogP contribution in [0.4, 0.5) is 11.4 Å². The molecule has 2 N–H and O–H groups in total. The molecule has 2 amide bonds. The summed E-state index contributed by atoms with van der Waals surface area (Å²) in [4.78, 5) is 25.3. The quantitative estimate of drug-likeness (QED) is 0.805. The largest absolute Gasteiger partial charge is 0.454 e. The van der Waals surface area contributed by atoms with Gasteiger partial charge in [-0.25, -0.2) is 0 Å². The molecule has 1 aliphatic carbocycles. The summed E-state index contributed by atoms with van der Waals surface area (Å²) in [6, 6.07) is 11.3. The second kappa shape index (κ2) is 8.15. The van der Waals surface area contributed by atoms with Crippen LogP contribution in [0.3, 0.4) is 0 Å². The summed E-state index contributed by atoms with van der Waals surface area (Å²) in [6.07, 6.45) is 2.86. The van der Waals surface area contributed by atoms with E-state index in [1.54, 1.807) is 12.1 Å². The monoisotopic (exact) mass is 394 g/mol. The van der Waals surface area contributed by atoms with Crippen molar-refractivity contribution in [1.29, 1.82) is 0 Å². The van der Waals surface area contributed by atoms with Gasteiger partial charge in [0.05, 0.1) is 0 Å². The number of amides is 2. The maximum Gasteiger partial charge on any atom is 0.231 e. The highest BCUT2D eigenvalue weighted by Crippen LogP contribution is 2.35. The third-order valence-electron chi connectivity index (χ3n) is 5.97. The summed E-state index contributed by atoms with van der Waals surface area (Å²) in [7, 11) is 0. The zero-order valence-corrected chi connectivity index (χ0v) is 16.8. The Balaban J connectivity index is 1.30. The van der Waals surface area contributed by atoms with Gasteiger partial charge in [0.2, 0.25) is 18.6 Å². The normalized spacial score (nSPS) is 20.2. The predicted octanol–water partition coefficient (Wildman–Crippen LogP) is 4.42. The minimum Gasteiger partial charge on any atom is -0.454 e. The van der Waals surface area contributed by atoms with Gasteiger partial charge in [-0.3, -0.25) is 9.59 Å². The van der Waals surface area contributed by atoms with Crippen molar-refractivity contribution in [2.45, 2.75) is 39.5 Å². The molecule has 0 aromatic heterocycles. The molecule has 2 aromatic carbocycles. The van der Waals surface area contributed by atoms with E-state index >= 15 is 0 Å². The van der Waals surface area contributed by atoms with Crippen LogP contribution in [0.25, 0.3) is 0 Å². The molecule has 6 nitrogen and oxygen atoms in total. The van der Waals surface area contributed by atoms with Crippen molar-refractivity contribution >= 4 is 23.2 Å². The summed E-state index contributed by atoms with van der Waals surface area (Å²) in [5.41, 5.74) is 3.83. The number of nitrogens with one attached hydrogen (secondary N) is 2. The van der Waals surface area contributed by atoms with Crippen LogP contribution in [0.15, 0.2) is 36.4 Å². The van der Waals surface area contributed by atoms with Gasteiger partial charge in [0.25, 0.3) is 0 Å². The van der Waals surface area contributed by atoms with Gasteiger partial charge in [0, 0.05) is 29.3 Å². The van der Waals surface area contributed by atoms with E-state index in [1.807, 2.05) is 38.1 Å². The molecule has 1 fully saturated rings. The van der Waals surface area contributed by atoms with Crippen LogP contribution in [-0.2, 0) is 9.59 Å². The molecule has 0 unspecified atom stereocenters. The molecule has 1 saturated carbocycles. The van der Waals surface area contributed by atoms with E-state index in [1.165, 1.54) is 0 Å². The zero-order chi connectivity index (χ0) is 20.4. The molecule has 6 heteroatoms. The van der Waals surface area contributed by atoms with Crippen LogP contribution in [-0.4, -0.2) is 18.6 Å². The standard InChI is InChI=1S/C23H26N2O4/c1-14-4-3-5-19(15(14)2)25-23(27)17-8-6-16(7-9-17)22(26)24-18-10-11-20-21(12-18)29-13-28-20/h3-5,10-12,16-17H,6-9,13H2,1-2H3,(H,24,26)(H,25,27). The fraction of sp³-hybridized carbons (Fsp3) is 0.391. The Hall–Kier alpha value is -3.02. The topological polar surface area (TPSA) is 76.7 Å². The molecule has 2 aromatic rings. The Morgan fingerprint density at radius 1 is 0.862 bits per heavy atom. The minimum absolute atomic E-state index is 0.00254. The second-order valence-corrected chi connectivity index (χ2v) is 7.84. The number of anilines is 2. The Labute approximate surface area is 170 Å². The third kappa shape index (κ3) is 4.21. The molecule has 4 rings (SSSR count). The molecule has 152 valence electrons. The van der Waals surface area contributed by atoms with Gasteiger partial charge in [0.1, 0.15) is 0 Å². The predicted molar refractivity (Wildman–Crippen MR) is 111 cm³/mol. The number of ether oxygens (including phenoxy) is 2. The number of hydrogen-bond donors (Lipinski definition) is 2. The molecular weight excluding hydrogens is 368 g/mol. The van der Waals surface area contributed by atoms with Gasteiger partial charge in [-0.2, -0.15) is 0 Å². The van der Waals surface area contributed by atoms with E-state index in [0.29, 0.717) is 30.0 Å². The van der Waals surface area contributed by atoms with Crippen LogP contribution in [0.1, 0.15) is 36.8 Å². The van der Waals surface area contributed by atoms with E-state index in [4.69, 9.17) is 9.47 Å². The van der Waals surface area contributed by atoms with Crippen molar-refractivity contribution < 1.29 is 19.1 Å². The van der Waals surface area contributed by atoms with Crippen molar-refractivity contribution in [2.24, 2.45) is 11.8 Å². The Morgan fingerprint density at radius 3 is 2.24 bits per heavy atom. The summed E-state index contributed by atoms with van der Waals surface area (Å²) in [6.45, 7) is 4.26. The fourth-order valence-electron chi connectivity index (χ4n) is 3.96. The highest BCUT2D eigenvalue weighted by molar-refractivity contribution is 5.95. The first kappa shape index (κ1) is 19.3. The third-order valence-corrected chi connectivity index (χ3v) is 5.97. The molecule has 29 heavy (non-hydrogen) atoms. The van der Waals surface area contributed by atoms with Gasteiger partial charge in [0.15, 0.2) is 11.5 Å². The minimum atomic E-state index is -0.0785. The van der Waals surface area contributed by atoms with Crippen molar-refractivity contribution in [3.63, 3.8) is 0 Å². The van der Waals surface area contributed by atoms with E-state index in [9.17, 15) is 9.59 Å². The lowest BCUT2D eigenvalue weighted by molar-refractivity contribution is -0.125. The zero-order valence-electron chi connectivity index (χ0n) is 16.8. The summed E-state index contributed by atoms with van der Waals surface area (Å²) in [5.74, 6) is 1.26. The number of benzene rings is 2. The smallest absolute Gasteiger partial charge is 0.231 e. The van der Waals surface area contributed by atoms with Crippen molar-refractivity contribution in [3.05, 3.63) is 47.5 Å². The lowest BCUT2D eigenvalue weighted by atomic mass is 9.81. The Kier molecular flexibility index (Phi) is 5.43. The van der Waals surface area contributed by atoms with Crippen LogP contribution < -0.4 is 20.1 Å². The maximum absolute atomic E-state index is 12.7. The average Bonchev–Trinajstić information content (AvgIpc) is 3.19. The Morgan fingerprint density at radius 2 is 1.52 bits per heavy atom. The summed E-state index contributed by atoms with van der Waals surface area (Å²) < 4.78 is 10.6. The number of rotatable bonds is 4. The Bertz CT molecular complexity index is 932. The molecule has 0 spiro atoms. The van der Waals surface area contributed by atoms with Gasteiger partial charge in [-0.15, -0.1) is 0 Å². The second-order valence-electron chi connectivity index (χ2n) is 7.84. The SMILES string of the molecule is Cc1cccc(NC(=O)C2CCC(C(=O)Nc3ccc4c(c3)OCO4)CC2)c1C. The molecule has 0 radical (unpaired) electrons. The first-order chi connectivity index (χ1) is 14.0. The molecular formula is C23H26N2O4. The van der Waals surface area contributed by atoms with E-state index in [-0.39, 0.29) is 30.4 Å². The number of aryl methyl sites for hydroxylation is 1. The molecule has 0 saturated heterocycles. The maximum atomic E-state index is 12.7. The van der Waals surface area contributed by atoms with Gasteiger partial charge in [-0.05, 0) is 68.9 Å². The number of carbonyl (C=O) groups excluding carboxylic acids is 2. The first-order valence-electron chi connectivity index (χ1n) is 10.1. The molecule has 1 heterocycles. The van der Waals surface area contributed by atoms with E-state index < -0.39 is 0 Å². The highest BCUT2D eigenvalue weighted by Gasteiger charge is 2.30. The van der Waals surface area contributed by atoms with Crippen molar-refractivity contribution in [2.75, 3.05) is 17.4 Å². The van der Waals surface area contributed by atoms with Gasteiger partial charge >= 0.3 is 0 Å². The molecule has 2 aliphatic rings. The molecule has 1 aliphatic heterocycles. The van der Waals surface area contributed by atoms with Crippen LogP contribution in [0, 0.1) is 25.7 Å². The number of fused-ring (bicyclic) bond motifs is 1. The van der Waals surface area contributed by atoms with E-state index in [2.05, 4.69) is 10.6 Å². The highest BCUT2D eigenvalue weighted by atomic mass is 16.7. The van der Waals surface area contributed by atoms with Crippen molar-refractivity contribution in [3.8, 4) is 11.5 Å². The number of hydrogen-bond acceptors (Lipinski definition) is 4. The van der Waals surface area contributed by atoms with Crippen LogP contribution >= 0.6 is 0 Å². The van der Waals surface area contributed by atoms with Crippen LogP contribution in [0.5, 0.6) is 11.5 Å². The average molecular weight is 394 g/mol. The van der Waals surface area contributed by atoms with Crippen LogP contribution in [0.2, 0.25) is 0 Å². The first-order valence-corrected chi connectivity index (χ1v) is 10.1. The molecule has 0 bridgehead atoms. The van der Waals surface area contributed by atoms with E-state index in [0.717, 1.165) is 29.7 Å². The van der Waals surface area contributed by atoms with Gasteiger partial charge < -0.3 is 20.1 Å². The lowest BCUT2D eigenvalue weighted by Crippen LogP contribution is -2.32. The fourth-order valence-corrected chi connectivity index (χ4v) is 3.96. The summed E-state index contributed by atoms with van der Waals surface area (Å²) in [5, 5.41) is 6.03. The number of carbonyl (C=O) groups is 2.